The Kier molecular flexibility index (Phi) is 3.11. The third-order valence-electron chi connectivity index (χ3n) is 3.43. The van der Waals surface area contributed by atoms with Crippen LogP contribution in [0.15, 0.2) is 45.5 Å². The van der Waals surface area contributed by atoms with Crippen LogP contribution >= 0.6 is 15.9 Å². The first-order valence-corrected chi connectivity index (χ1v) is 6.86. The lowest BCUT2D eigenvalue weighted by molar-refractivity contribution is 0.0787. The monoisotopic (exact) mass is 318 g/mol. The smallest absolute Gasteiger partial charge is 0.177 e. The molecule has 0 saturated heterocycles. The average Bonchev–Trinajstić information content (AvgIpc) is 2.88. The van der Waals surface area contributed by atoms with Crippen molar-refractivity contribution in [2.75, 3.05) is 0 Å². The highest BCUT2D eigenvalue weighted by molar-refractivity contribution is 9.10. The van der Waals surface area contributed by atoms with Gasteiger partial charge in [0.2, 0.25) is 0 Å². The zero-order valence-corrected chi connectivity index (χ0v) is 11.6. The summed E-state index contributed by atoms with van der Waals surface area (Å²) in [5.74, 6) is -0.108. The molecule has 3 rings (SSSR count). The van der Waals surface area contributed by atoms with Crippen molar-refractivity contribution in [3.63, 3.8) is 0 Å². The van der Waals surface area contributed by atoms with Crippen LogP contribution in [0.4, 0.5) is 0 Å². The molecular weight excluding hydrogens is 308 g/mol. The van der Waals surface area contributed by atoms with Crippen molar-refractivity contribution < 1.29 is 14.0 Å². The highest BCUT2D eigenvalue weighted by Gasteiger charge is 2.34. The lowest BCUT2D eigenvalue weighted by Gasteiger charge is -2.18. The van der Waals surface area contributed by atoms with E-state index in [9.17, 15) is 9.59 Å². The van der Waals surface area contributed by atoms with Crippen molar-refractivity contribution in [1.29, 1.82) is 0 Å². The first-order valence-electron chi connectivity index (χ1n) is 6.07. The number of fused-ring (bicyclic) bond motifs is 1. The molecule has 96 valence electrons. The van der Waals surface area contributed by atoms with E-state index in [4.69, 9.17) is 4.42 Å². The second-order valence-corrected chi connectivity index (χ2v) is 5.50. The van der Waals surface area contributed by atoms with Gasteiger partial charge in [-0.1, -0.05) is 28.1 Å². The van der Waals surface area contributed by atoms with Crippen molar-refractivity contribution >= 4 is 27.5 Å². The van der Waals surface area contributed by atoms with Crippen LogP contribution in [0, 0.1) is 5.92 Å². The number of hydrogen-bond donors (Lipinski definition) is 0. The van der Waals surface area contributed by atoms with Crippen molar-refractivity contribution in [3.8, 4) is 0 Å². The van der Waals surface area contributed by atoms with Gasteiger partial charge in [0.05, 0.1) is 17.7 Å². The van der Waals surface area contributed by atoms with Gasteiger partial charge in [-0.05, 0) is 24.6 Å². The maximum Gasteiger partial charge on any atom is 0.177 e. The molecule has 0 saturated carbocycles. The molecule has 2 aromatic rings. The second kappa shape index (κ2) is 4.78. The first kappa shape index (κ1) is 12.4. The third kappa shape index (κ3) is 2.16. The van der Waals surface area contributed by atoms with Gasteiger partial charge in [-0.3, -0.25) is 9.59 Å². The molecule has 19 heavy (non-hydrogen) atoms. The van der Waals surface area contributed by atoms with Gasteiger partial charge in [-0.25, -0.2) is 0 Å². The Bertz CT molecular complexity index is 640. The van der Waals surface area contributed by atoms with E-state index in [0.717, 1.165) is 4.47 Å². The number of furan rings is 1. The Labute approximate surface area is 118 Å². The van der Waals surface area contributed by atoms with Crippen LogP contribution in [0.1, 0.15) is 32.9 Å². The Balaban J connectivity index is 1.90. The summed E-state index contributed by atoms with van der Waals surface area (Å²) in [7, 11) is 0. The molecule has 1 aliphatic rings. The van der Waals surface area contributed by atoms with Crippen LogP contribution in [-0.2, 0) is 6.42 Å². The molecule has 0 fully saturated rings. The van der Waals surface area contributed by atoms with Gasteiger partial charge in [-0.15, -0.1) is 0 Å². The van der Waals surface area contributed by atoms with Crippen molar-refractivity contribution in [3.05, 3.63) is 58.0 Å². The summed E-state index contributed by atoms with van der Waals surface area (Å²) >= 11 is 3.33. The molecule has 4 heteroatoms. The van der Waals surface area contributed by atoms with Gasteiger partial charge in [0.15, 0.2) is 11.6 Å². The fourth-order valence-electron chi connectivity index (χ4n) is 2.41. The number of hydrogen-bond acceptors (Lipinski definition) is 3. The van der Waals surface area contributed by atoms with E-state index < -0.39 is 5.92 Å². The Morgan fingerprint density at radius 3 is 2.68 bits per heavy atom. The van der Waals surface area contributed by atoms with Crippen molar-refractivity contribution in [2.24, 2.45) is 5.92 Å². The second-order valence-electron chi connectivity index (χ2n) is 4.58. The molecule has 1 aromatic carbocycles. The summed E-state index contributed by atoms with van der Waals surface area (Å²) in [4.78, 5) is 24.7. The Hall–Kier alpha value is -1.68. The lowest BCUT2D eigenvalue weighted by Crippen LogP contribution is -2.28. The summed E-state index contributed by atoms with van der Waals surface area (Å²) in [6.07, 6.45) is 2.67. The number of aryl methyl sites for hydroxylation is 1. The van der Waals surface area contributed by atoms with Crippen molar-refractivity contribution in [2.45, 2.75) is 12.8 Å². The van der Waals surface area contributed by atoms with Gasteiger partial charge < -0.3 is 4.42 Å². The zero-order valence-electron chi connectivity index (χ0n) is 10.1. The molecule has 1 aliphatic carbocycles. The maximum absolute atomic E-state index is 12.4. The van der Waals surface area contributed by atoms with Gasteiger partial charge in [0, 0.05) is 16.5 Å². The SMILES string of the molecule is O=C(c1ccc(Br)cc1)[C@@H]1CCc2occc2C1=O. The molecule has 3 nitrogen and oxygen atoms in total. The van der Waals surface area contributed by atoms with E-state index in [1.807, 2.05) is 12.1 Å². The largest absolute Gasteiger partial charge is 0.469 e. The first-order chi connectivity index (χ1) is 9.16. The number of halogens is 1. The highest BCUT2D eigenvalue weighted by Crippen LogP contribution is 2.29. The summed E-state index contributed by atoms with van der Waals surface area (Å²) in [5, 5.41) is 0. The predicted molar refractivity (Wildman–Crippen MR) is 73.3 cm³/mol. The molecule has 0 radical (unpaired) electrons. The fourth-order valence-corrected chi connectivity index (χ4v) is 2.68. The molecule has 0 bridgehead atoms. The summed E-state index contributed by atoms with van der Waals surface area (Å²) in [6.45, 7) is 0. The molecule has 0 spiro atoms. The minimum Gasteiger partial charge on any atom is -0.469 e. The van der Waals surface area contributed by atoms with Crippen LogP contribution in [-0.4, -0.2) is 11.6 Å². The van der Waals surface area contributed by atoms with E-state index in [2.05, 4.69) is 15.9 Å². The fraction of sp³-hybridized carbons (Fsp3) is 0.200. The Morgan fingerprint density at radius 1 is 1.21 bits per heavy atom. The maximum atomic E-state index is 12.4. The van der Waals surface area contributed by atoms with E-state index >= 15 is 0 Å². The minimum atomic E-state index is -0.578. The summed E-state index contributed by atoms with van der Waals surface area (Å²) < 4.78 is 6.15. The number of carbonyl (C=O) groups is 2. The molecule has 0 amide bonds. The normalized spacial score (nSPS) is 18.2. The van der Waals surface area contributed by atoms with Crippen LogP contribution in [0.25, 0.3) is 0 Å². The lowest BCUT2D eigenvalue weighted by atomic mass is 9.82. The summed E-state index contributed by atoms with van der Waals surface area (Å²) in [5.41, 5.74) is 1.13. The molecule has 1 atom stereocenters. The Morgan fingerprint density at radius 2 is 1.95 bits per heavy atom. The van der Waals surface area contributed by atoms with Crippen LogP contribution in [0.3, 0.4) is 0 Å². The number of ketones is 2. The summed E-state index contributed by atoms with van der Waals surface area (Å²) in [6, 6.07) is 8.75. The average molecular weight is 319 g/mol. The van der Waals surface area contributed by atoms with Gasteiger partial charge in [-0.2, -0.15) is 0 Å². The minimum absolute atomic E-state index is 0.107. The van der Waals surface area contributed by atoms with Crippen LogP contribution in [0.5, 0.6) is 0 Å². The van der Waals surface area contributed by atoms with Gasteiger partial charge in [0.25, 0.3) is 0 Å². The van der Waals surface area contributed by atoms with E-state index in [-0.39, 0.29) is 11.6 Å². The van der Waals surface area contributed by atoms with E-state index in [1.54, 1.807) is 18.2 Å². The topological polar surface area (TPSA) is 47.3 Å². The molecule has 1 heterocycles. The number of carbonyl (C=O) groups excluding carboxylic acids is 2. The predicted octanol–water partition coefficient (Wildman–Crippen LogP) is 3.67. The van der Waals surface area contributed by atoms with Crippen LogP contribution in [0.2, 0.25) is 0 Å². The number of Topliss-reactive ketones (excluding diaryl/α,β-unsaturated/α-hetero) is 2. The molecule has 0 N–H and O–H groups in total. The molecule has 0 aliphatic heterocycles. The molecule has 1 aromatic heterocycles. The molecule has 0 unspecified atom stereocenters. The number of rotatable bonds is 2. The zero-order chi connectivity index (χ0) is 13.4. The standard InChI is InChI=1S/C15H11BrO3/c16-10-3-1-9(2-4-10)14(17)12-5-6-13-11(15(12)18)7-8-19-13/h1-4,7-8,12H,5-6H2/t12-/m0/s1. The number of benzene rings is 1. The van der Waals surface area contributed by atoms with Gasteiger partial charge >= 0.3 is 0 Å². The third-order valence-corrected chi connectivity index (χ3v) is 3.96. The highest BCUT2D eigenvalue weighted by atomic mass is 79.9. The molecular formula is C15H11BrO3. The quantitative estimate of drug-likeness (QED) is 0.627. The van der Waals surface area contributed by atoms with Gasteiger partial charge in [0.1, 0.15) is 5.76 Å². The van der Waals surface area contributed by atoms with E-state index in [1.165, 1.54) is 6.26 Å². The van der Waals surface area contributed by atoms with E-state index in [0.29, 0.717) is 29.7 Å². The van der Waals surface area contributed by atoms with Crippen molar-refractivity contribution in [1.82, 2.24) is 0 Å². The van der Waals surface area contributed by atoms with Crippen LogP contribution < -0.4 is 0 Å².